The van der Waals surface area contributed by atoms with E-state index < -0.39 is 0 Å². The molecular weight excluding hydrogens is 199 g/mol. The van der Waals surface area contributed by atoms with Gasteiger partial charge in [-0.2, -0.15) is 0 Å². The number of halogens is 2. The second-order valence-electron chi connectivity index (χ2n) is 2.39. The Kier molecular flexibility index (Phi) is 1.67. The van der Waals surface area contributed by atoms with Crippen molar-refractivity contribution in [3.8, 4) is 5.75 Å². The molecular formula is C8H4Cl2O2. The predicted molar refractivity (Wildman–Crippen MR) is 47.9 cm³/mol. The molecule has 0 fully saturated rings. The molecule has 0 aliphatic carbocycles. The Morgan fingerprint density at radius 1 is 1.25 bits per heavy atom. The molecule has 2 rings (SSSR count). The third-order valence-electron chi connectivity index (χ3n) is 1.57. The van der Waals surface area contributed by atoms with E-state index in [1.54, 1.807) is 12.1 Å². The molecule has 0 unspecified atom stereocenters. The van der Waals surface area contributed by atoms with Crippen LogP contribution < -0.4 is 0 Å². The third kappa shape index (κ3) is 1.04. The molecule has 0 atom stereocenters. The molecule has 1 heterocycles. The summed E-state index contributed by atoms with van der Waals surface area (Å²) in [5.74, 6) is 0.0504. The first-order valence-corrected chi connectivity index (χ1v) is 3.99. The van der Waals surface area contributed by atoms with E-state index in [2.05, 4.69) is 0 Å². The summed E-state index contributed by atoms with van der Waals surface area (Å²) >= 11 is 11.5. The molecule has 2 aromatic rings. The van der Waals surface area contributed by atoms with Gasteiger partial charge >= 0.3 is 0 Å². The zero-order valence-corrected chi connectivity index (χ0v) is 7.36. The van der Waals surface area contributed by atoms with Gasteiger partial charge in [-0.1, -0.05) is 23.2 Å². The molecule has 4 heteroatoms. The van der Waals surface area contributed by atoms with E-state index in [-0.39, 0.29) is 5.75 Å². The molecule has 1 aromatic carbocycles. The Bertz CT molecular complexity index is 434. The second-order valence-corrected chi connectivity index (χ2v) is 3.23. The lowest BCUT2D eigenvalue weighted by Crippen LogP contribution is -1.68. The van der Waals surface area contributed by atoms with Crippen molar-refractivity contribution in [1.82, 2.24) is 0 Å². The minimum atomic E-state index is 0.0504. The standard InChI is InChI=1S/C8H4Cl2O2/c9-4-1-5-7(11)3-12-8(5)6(10)2-4/h1-3,11H. The highest BCUT2D eigenvalue weighted by molar-refractivity contribution is 6.38. The van der Waals surface area contributed by atoms with Crippen LogP contribution in [0.25, 0.3) is 11.0 Å². The highest BCUT2D eigenvalue weighted by atomic mass is 35.5. The van der Waals surface area contributed by atoms with E-state index in [1.165, 1.54) is 6.26 Å². The summed E-state index contributed by atoms with van der Waals surface area (Å²) in [6.45, 7) is 0. The third-order valence-corrected chi connectivity index (χ3v) is 2.07. The molecule has 1 aromatic heterocycles. The number of hydrogen-bond donors (Lipinski definition) is 1. The molecule has 1 N–H and O–H groups in total. The first-order valence-electron chi connectivity index (χ1n) is 3.23. The van der Waals surface area contributed by atoms with Crippen LogP contribution >= 0.6 is 23.2 Å². The summed E-state index contributed by atoms with van der Waals surface area (Å²) < 4.78 is 4.99. The minimum absolute atomic E-state index is 0.0504. The number of benzene rings is 1. The molecule has 0 aliphatic heterocycles. The number of furan rings is 1. The Balaban J connectivity index is 2.92. The molecule has 0 radical (unpaired) electrons. The Morgan fingerprint density at radius 2 is 2.00 bits per heavy atom. The second kappa shape index (κ2) is 2.57. The molecule has 0 aliphatic rings. The first kappa shape index (κ1) is 7.77. The Morgan fingerprint density at radius 3 is 2.75 bits per heavy atom. The molecule has 0 amide bonds. The topological polar surface area (TPSA) is 33.4 Å². The van der Waals surface area contributed by atoms with Crippen molar-refractivity contribution in [2.45, 2.75) is 0 Å². The van der Waals surface area contributed by atoms with Gasteiger partial charge in [0.1, 0.15) is 6.26 Å². The van der Waals surface area contributed by atoms with Crippen LogP contribution in [-0.2, 0) is 0 Å². The maximum Gasteiger partial charge on any atom is 0.161 e. The van der Waals surface area contributed by atoms with Crippen molar-refractivity contribution in [3.05, 3.63) is 28.4 Å². The maximum atomic E-state index is 9.25. The van der Waals surface area contributed by atoms with Crippen molar-refractivity contribution < 1.29 is 9.52 Å². The van der Waals surface area contributed by atoms with Gasteiger partial charge in [-0.05, 0) is 12.1 Å². The fourth-order valence-corrected chi connectivity index (χ4v) is 1.59. The van der Waals surface area contributed by atoms with Gasteiger partial charge in [0.05, 0.1) is 10.4 Å². The van der Waals surface area contributed by atoms with Crippen LogP contribution in [0.1, 0.15) is 0 Å². The summed E-state index contributed by atoms with van der Waals surface area (Å²) in [6.07, 6.45) is 1.23. The van der Waals surface area contributed by atoms with Crippen molar-refractivity contribution >= 4 is 34.2 Å². The molecule has 62 valence electrons. The zero-order valence-electron chi connectivity index (χ0n) is 5.84. The summed E-state index contributed by atoms with van der Waals surface area (Å²) in [4.78, 5) is 0. The van der Waals surface area contributed by atoms with Crippen molar-refractivity contribution in [2.75, 3.05) is 0 Å². The molecule has 0 bridgehead atoms. The SMILES string of the molecule is Oc1coc2c(Cl)cc(Cl)cc12. The van der Waals surface area contributed by atoms with Gasteiger partial charge in [-0.25, -0.2) is 0 Å². The van der Waals surface area contributed by atoms with Crippen molar-refractivity contribution in [2.24, 2.45) is 0 Å². The van der Waals surface area contributed by atoms with Gasteiger partial charge in [-0.15, -0.1) is 0 Å². The fraction of sp³-hybridized carbons (Fsp3) is 0. The largest absolute Gasteiger partial charge is 0.504 e. The summed E-state index contributed by atoms with van der Waals surface area (Å²) in [5, 5.41) is 10.7. The Labute approximate surface area is 78.3 Å². The Hall–Kier alpha value is -0.860. The lowest BCUT2D eigenvalue weighted by atomic mass is 10.2. The van der Waals surface area contributed by atoms with Gasteiger partial charge in [-0.3, -0.25) is 0 Å². The van der Waals surface area contributed by atoms with Crippen molar-refractivity contribution in [3.63, 3.8) is 0 Å². The zero-order chi connectivity index (χ0) is 8.72. The number of aromatic hydroxyl groups is 1. The van der Waals surface area contributed by atoms with E-state index >= 15 is 0 Å². The van der Waals surface area contributed by atoms with Crippen LogP contribution in [0.2, 0.25) is 10.0 Å². The predicted octanol–water partition coefficient (Wildman–Crippen LogP) is 3.45. The normalized spacial score (nSPS) is 10.8. The minimum Gasteiger partial charge on any atom is -0.504 e. The average molecular weight is 203 g/mol. The lowest BCUT2D eigenvalue weighted by molar-refractivity contribution is 0.464. The van der Waals surface area contributed by atoms with Crippen LogP contribution in [0, 0.1) is 0 Å². The first-order chi connectivity index (χ1) is 5.68. The van der Waals surface area contributed by atoms with Gasteiger partial charge in [0, 0.05) is 5.02 Å². The van der Waals surface area contributed by atoms with Gasteiger partial charge < -0.3 is 9.52 Å². The van der Waals surface area contributed by atoms with Gasteiger partial charge in [0.25, 0.3) is 0 Å². The average Bonchev–Trinajstić information content (AvgIpc) is 2.33. The smallest absolute Gasteiger partial charge is 0.161 e. The maximum absolute atomic E-state index is 9.25. The highest BCUT2D eigenvalue weighted by Gasteiger charge is 2.08. The van der Waals surface area contributed by atoms with Gasteiger partial charge in [0.15, 0.2) is 11.3 Å². The summed E-state index contributed by atoms with van der Waals surface area (Å²) in [7, 11) is 0. The lowest BCUT2D eigenvalue weighted by Gasteiger charge is -1.93. The fourth-order valence-electron chi connectivity index (χ4n) is 1.05. The number of hydrogen-bond acceptors (Lipinski definition) is 2. The molecule has 0 saturated heterocycles. The van der Waals surface area contributed by atoms with Crippen LogP contribution in [0.15, 0.2) is 22.8 Å². The quantitative estimate of drug-likeness (QED) is 0.711. The van der Waals surface area contributed by atoms with E-state index in [0.29, 0.717) is 21.0 Å². The monoisotopic (exact) mass is 202 g/mol. The van der Waals surface area contributed by atoms with E-state index in [0.717, 1.165) is 0 Å². The van der Waals surface area contributed by atoms with Crippen molar-refractivity contribution in [1.29, 1.82) is 0 Å². The summed E-state index contributed by atoms with van der Waals surface area (Å²) in [5.41, 5.74) is 0.457. The molecule has 2 nitrogen and oxygen atoms in total. The highest BCUT2D eigenvalue weighted by Crippen LogP contribution is 2.34. The molecule has 0 spiro atoms. The van der Waals surface area contributed by atoms with Gasteiger partial charge in [0.2, 0.25) is 0 Å². The van der Waals surface area contributed by atoms with E-state index in [4.69, 9.17) is 27.6 Å². The van der Waals surface area contributed by atoms with E-state index in [9.17, 15) is 5.11 Å². The van der Waals surface area contributed by atoms with Crippen LogP contribution in [0.4, 0.5) is 0 Å². The van der Waals surface area contributed by atoms with E-state index in [1.807, 2.05) is 0 Å². The molecule has 0 saturated carbocycles. The van der Waals surface area contributed by atoms with Crippen LogP contribution in [0.5, 0.6) is 5.75 Å². The summed E-state index contributed by atoms with van der Waals surface area (Å²) in [6, 6.07) is 3.16. The van der Waals surface area contributed by atoms with Crippen LogP contribution in [-0.4, -0.2) is 5.11 Å². The number of fused-ring (bicyclic) bond motifs is 1. The number of rotatable bonds is 0. The van der Waals surface area contributed by atoms with Crippen LogP contribution in [0.3, 0.4) is 0 Å². The molecule has 12 heavy (non-hydrogen) atoms.